The summed E-state index contributed by atoms with van der Waals surface area (Å²) in [6.07, 6.45) is 0.787. The maximum atomic E-state index is 13.5. The molecule has 30 heavy (non-hydrogen) atoms. The van der Waals surface area contributed by atoms with Gasteiger partial charge in [-0.3, -0.25) is 9.59 Å². The number of carbonyl (C=O) groups is 1. The van der Waals surface area contributed by atoms with E-state index in [-0.39, 0.29) is 17.1 Å². The average Bonchev–Trinajstić information content (AvgIpc) is 2.96. The number of rotatable bonds is 5. The molecule has 5 nitrogen and oxygen atoms in total. The van der Waals surface area contributed by atoms with E-state index in [2.05, 4.69) is 4.90 Å². The Morgan fingerprint density at radius 3 is 2.53 bits per heavy atom. The molecule has 0 saturated heterocycles. The standard InChI is InChI=1S/C24H25ClN2O3/c1-14-11-18-19(12-15(14)2)30-23-20(22(18)28)21(16-7-5-8-17(25)13-16)27(24(23)29)10-6-9-26(3)4/h5,7-8,11-13,21H,6,9-10H2,1-4H3/t21-/m0/s1. The van der Waals surface area contributed by atoms with Gasteiger partial charge in [0.15, 0.2) is 5.43 Å². The van der Waals surface area contributed by atoms with Crippen LogP contribution in [0.15, 0.2) is 45.6 Å². The Morgan fingerprint density at radius 2 is 1.83 bits per heavy atom. The van der Waals surface area contributed by atoms with E-state index in [1.807, 2.05) is 58.3 Å². The molecule has 6 heteroatoms. The predicted molar refractivity (Wildman–Crippen MR) is 119 cm³/mol. The minimum atomic E-state index is -0.504. The summed E-state index contributed by atoms with van der Waals surface area (Å²) in [5, 5.41) is 1.07. The molecule has 0 unspecified atom stereocenters. The predicted octanol–water partition coefficient (Wildman–Crippen LogP) is 4.56. The average molecular weight is 425 g/mol. The monoisotopic (exact) mass is 424 g/mol. The Morgan fingerprint density at radius 1 is 1.10 bits per heavy atom. The van der Waals surface area contributed by atoms with Crippen LogP contribution < -0.4 is 5.43 Å². The van der Waals surface area contributed by atoms with E-state index in [0.717, 1.165) is 29.7 Å². The summed E-state index contributed by atoms with van der Waals surface area (Å²) in [4.78, 5) is 30.7. The molecule has 1 aliphatic heterocycles. The van der Waals surface area contributed by atoms with Crippen molar-refractivity contribution in [2.45, 2.75) is 26.3 Å². The Balaban J connectivity index is 1.91. The van der Waals surface area contributed by atoms with Crippen molar-refractivity contribution >= 4 is 28.5 Å². The minimum absolute atomic E-state index is 0.144. The smallest absolute Gasteiger partial charge is 0.290 e. The van der Waals surface area contributed by atoms with Gasteiger partial charge in [0.1, 0.15) is 5.58 Å². The normalized spacial score (nSPS) is 16.0. The van der Waals surface area contributed by atoms with Crippen LogP contribution in [0, 0.1) is 13.8 Å². The molecule has 2 heterocycles. The third kappa shape index (κ3) is 3.53. The zero-order valence-electron chi connectivity index (χ0n) is 17.7. The van der Waals surface area contributed by atoms with Crippen LogP contribution >= 0.6 is 11.6 Å². The molecule has 3 aromatic rings. The van der Waals surface area contributed by atoms with Crippen LogP contribution in [-0.2, 0) is 0 Å². The summed E-state index contributed by atoms with van der Waals surface area (Å²) >= 11 is 6.24. The van der Waals surface area contributed by atoms with Crippen LogP contribution in [0.4, 0.5) is 0 Å². The van der Waals surface area contributed by atoms with Crippen LogP contribution in [0.5, 0.6) is 0 Å². The van der Waals surface area contributed by atoms with Gasteiger partial charge in [0, 0.05) is 11.6 Å². The maximum Gasteiger partial charge on any atom is 0.290 e. The summed E-state index contributed by atoms with van der Waals surface area (Å²) in [5.74, 6) is -0.100. The molecule has 1 atom stereocenters. The number of aryl methyl sites for hydroxylation is 2. The van der Waals surface area contributed by atoms with Gasteiger partial charge in [-0.15, -0.1) is 0 Å². The third-order valence-corrected chi connectivity index (χ3v) is 5.99. The zero-order valence-corrected chi connectivity index (χ0v) is 18.4. The second-order valence-corrected chi connectivity index (χ2v) is 8.66. The summed E-state index contributed by atoms with van der Waals surface area (Å²) < 4.78 is 6.04. The van der Waals surface area contributed by atoms with E-state index in [9.17, 15) is 9.59 Å². The first-order chi connectivity index (χ1) is 14.3. The highest BCUT2D eigenvalue weighted by Crippen LogP contribution is 2.39. The summed E-state index contributed by atoms with van der Waals surface area (Å²) in [7, 11) is 3.99. The van der Waals surface area contributed by atoms with Gasteiger partial charge in [-0.25, -0.2) is 0 Å². The van der Waals surface area contributed by atoms with Crippen molar-refractivity contribution in [1.82, 2.24) is 9.80 Å². The first-order valence-electron chi connectivity index (χ1n) is 10.1. The fourth-order valence-electron chi connectivity index (χ4n) is 4.09. The van der Waals surface area contributed by atoms with Gasteiger partial charge in [-0.2, -0.15) is 0 Å². The van der Waals surface area contributed by atoms with E-state index in [1.54, 1.807) is 11.0 Å². The molecule has 1 aromatic heterocycles. The van der Waals surface area contributed by atoms with Crippen molar-refractivity contribution in [3.05, 3.63) is 79.7 Å². The number of amides is 1. The minimum Gasteiger partial charge on any atom is -0.450 e. The van der Waals surface area contributed by atoms with Gasteiger partial charge in [0.25, 0.3) is 5.91 Å². The first-order valence-corrected chi connectivity index (χ1v) is 10.4. The maximum absolute atomic E-state index is 13.5. The van der Waals surface area contributed by atoms with Crippen LogP contribution in [-0.4, -0.2) is 42.9 Å². The lowest BCUT2D eigenvalue weighted by atomic mass is 9.97. The second kappa shape index (κ2) is 7.89. The van der Waals surface area contributed by atoms with Gasteiger partial charge < -0.3 is 14.2 Å². The molecule has 0 fully saturated rings. The second-order valence-electron chi connectivity index (χ2n) is 8.22. The summed E-state index contributed by atoms with van der Waals surface area (Å²) in [5.41, 5.74) is 3.56. The van der Waals surface area contributed by atoms with E-state index in [0.29, 0.717) is 28.1 Å². The van der Waals surface area contributed by atoms with Crippen molar-refractivity contribution in [2.24, 2.45) is 0 Å². The molecule has 1 aliphatic rings. The molecule has 2 aromatic carbocycles. The SMILES string of the molecule is Cc1cc2oc3c(c(=O)c2cc1C)[C@H](c1cccc(Cl)c1)N(CCCN(C)C)C3=O. The van der Waals surface area contributed by atoms with E-state index in [1.165, 1.54) is 0 Å². The lowest BCUT2D eigenvalue weighted by Gasteiger charge is -2.25. The van der Waals surface area contributed by atoms with Crippen LogP contribution in [0.3, 0.4) is 0 Å². The Hall–Kier alpha value is -2.63. The molecule has 0 N–H and O–H groups in total. The van der Waals surface area contributed by atoms with Crippen LogP contribution in [0.1, 0.15) is 45.3 Å². The van der Waals surface area contributed by atoms with Crippen molar-refractivity contribution in [3.63, 3.8) is 0 Å². The number of fused-ring (bicyclic) bond motifs is 2. The molecule has 0 aliphatic carbocycles. The van der Waals surface area contributed by atoms with Crippen LogP contribution in [0.2, 0.25) is 5.02 Å². The van der Waals surface area contributed by atoms with Gasteiger partial charge in [0.05, 0.1) is 17.0 Å². The van der Waals surface area contributed by atoms with Gasteiger partial charge in [-0.05, 0) is 81.9 Å². The highest BCUT2D eigenvalue weighted by atomic mass is 35.5. The molecule has 0 bridgehead atoms. The molecule has 1 amide bonds. The number of benzene rings is 2. The van der Waals surface area contributed by atoms with Crippen LogP contribution in [0.25, 0.3) is 11.0 Å². The lowest BCUT2D eigenvalue weighted by molar-refractivity contribution is 0.0722. The lowest BCUT2D eigenvalue weighted by Crippen LogP contribution is -2.32. The van der Waals surface area contributed by atoms with Crippen molar-refractivity contribution in [1.29, 1.82) is 0 Å². The van der Waals surface area contributed by atoms with E-state index < -0.39 is 6.04 Å². The number of nitrogens with zero attached hydrogens (tertiary/aromatic N) is 2. The number of carbonyl (C=O) groups excluding carboxylic acids is 1. The third-order valence-electron chi connectivity index (χ3n) is 5.75. The van der Waals surface area contributed by atoms with E-state index >= 15 is 0 Å². The van der Waals surface area contributed by atoms with E-state index in [4.69, 9.17) is 16.0 Å². The largest absolute Gasteiger partial charge is 0.450 e. The van der Waals surface area contributed by atoms with Gasteiger partial charge >= 0.3 is 0 Å². The summed E-state index contributed by atoms with van der Waals surface area (Å²) in [6, 6.07) is 10.5. The van der Waals surface area contributed by atoms with Crippen molar-refractivity contribution < 1.29 is 9.21 Å². The quantitative estimate of drug-likeness (QED) is 0.602. The molecule has 0 radical (unpaired) electrons. The fraction of sp³-hybridized carbons (Fsp3) is 0.333. The Bertz CT molecular complexity index is 1200. The highest BCUT2D eigenvalue weighted by Gasteiger charge is 2.42. The molecule has 156 valence electrons. The summed E-state index contributed by atoms with van der Waals surface area (Å²) in [6.45, 7) is 5.29. The molecule has 0 spiro atoms. The topological polar surface area (TPSA) is 53.8 Å². The number of hydrogen-bond acceptors (Lipinski definition) is 4. The Kier molecular flexibility index (Phi) is 5.43. The molecular formula is C24H25ClN2O3. The van der Waals surface area contributed by atoms with Crippen molar-refractivity contribution in [2.75, 3.05) is 27.2 Å². The van der Waals surface area contributed by atoms with Gasteiger partial charge in [-0.1, -0.05) is 23.7 Å². The number of halogens is 1. The van der Waals surface area contributed by atoms with Crippen molar-refractivity contribution in [3.8, 4) is 0 Å². The fourth-order valence-corrected chi connectivity index (χ4v) is 4.29. The molecule has 0 saturated carbocycles. The zero-order chi connectivity index (χ0) is 21.6. The van der Waals surface area contributed by atoms with Gasteiger partial charge in [0.2, 0.25) is 5.76 Å². The first kappa shape index (κ1) is 20.6. The highest BCUT2D eigenvalue weighted by molar-refractivity contribution is 6.30. The molecule has 4 rings (SSSR count). The number of hydrogen-bond donors (Lipinski definition) is 0. The molecular weight excluding hydrogens is 400 g/mol. The Labute approximate surface area is 180 Å².